The van der Waals surface area contributed by atoms with E-state index in [1.165, 1.54) is 0 Å². The first-order chi connectivity index (χ1) is 10.7. The second-order valence-corrected chi connectivity index (χ2v) is 6.11. The summed E-state index contributed by atoms with van der Waals surface area (Å²) in [6.07, 6.45) is 5.29. The molecule has 2 aromatic heterocycles. The third-order valence-corrected chi connectivity index (χ3v) is 4.05. The van der Waals surface area contributed by atoms with Crippen LogP contribution in [0.4, 0.5) is 0 Å². The van der Waals surface area contributed by atoms with Gasteiger partial charge in [0.05, 0.1) is 23.5 Å². The topological polar surface area (TPSA) is 67.0 Å². The Kier molecular flexibility index (Phi) is 4.22. The minimum atomic E-state index is -1.00. The zero-order valence-electron chi connectivity index (χ0n) is 12.4. The second-order valence-electron chi connectivity index (χ2n) is 4.91. The number of methoxy groups -OCH3 is 1. The number of ether oxygens (including phenoxy) is 1. The number of rotatable bonds is 5. The van der Waals surface area contributed by atoms with Crippen molar-refractivity contribution in [1.29, 1.82) is 0 Å². The molecule has 0 radical (unpaired) electrons. The summed E-state index contributed by atoms with van der Waals surface area (Å²) in [6.45, 7) is 0.585. The van der Waals surface area contributed by atoms with Crippen molar-refractivity contribution in [1.82, 2.24) is 14.7 Å². The van der Waals surface area contributed by atoms with E-state index in [-0.39, 0.29) is 0 Å². The first-order valence-corrected chi connectivity index (χ1v) is 8.41. The molecule has 3 aromatic rings. The van der Waals surface area contributed by atoms with Crippen LogP contribution in [0.1, 0.15) is 5.56 Å². The van der Waals surface area contributed by atoms with E-state index in [1.807, 2.05) is 36.5 Å². The molecule has 0 bridgehead atoms. The van der Waals surface area contributed by atoms with Crippen molar-refractivity contribution < 1.29 is 8.95 Å². The number of nitrogens with zero attached hydrogens (tertiary/aromatic N) is 1. The molecule has 2 heterocycles. The monoisotopic (exact) mass is 315 g/mol. The molecule has 0 saturated carbocycles. The van der Waals surface area contributed by atoms with Crippen LogP contribution in [0.3, 0.4) is 0 Å². The smallest absolute Gasteiger partial charge is 0.141 e. The molecule has 0 spiro atoms. The quantitative estimate of drug-likeness (QED) is 0.760. The van der Waals surface area contributed by atoms with E-state index >= 15 is 0 Å². The van der Waals surface area contributed by atoms with Gasteiger partial charge >= 0.3 is 0 Å². The highest BCUT2D eigenvalue weighted by Crippen LogP contribution is 2.34. The van der Waals surface area contributed by atoms with Crippen molar-refractivity contribution in [2.75, 3.05) is 13.4 Å². The molecule has 0 amide bonds. The van der Waals surface area contributed by atoms with Crippen molar-refractivity contribution in [3.63, 3.8) is 0 Å². The van der Waals surface area contributed by atoms with Gasteiger partial charge in [0.1, 0.15) is 11.4 Å². The molecule has 22 heavy (non-hydrogen) atoms. The molecular weight excluding hydrogens is 298 g/mol. The lowest BCUT2D eigenvalue weighted by molar-refractivity contribution is 0.419. The summed E-state index contributed by atoms with van der Waals surface area (Å²) in [6, 6.07) is 10.00. The minimum absolute atomic E-state index is 0.585. The van der Waals surface area contributed by atoms with Crippen LogP contribution in [0, 0.1) is 0 Å². The number of fused-ring (bicyclic) bond motifs is 1. The number of hydrogen-bond donors (Lipinski definition) is 2. The molecule has 1 atom stereocenters. The Morgan fingerprint density at radius 3 is 2.73 bits per heavy atom. The number of nitrogens with one attached hydrogen (secondary N) is 2. The van der Waals surface area contributed by atoms with Crippen molar-refractivity contribution in [2.24, 2.45) is 0 Å². The average Bonchev–Trinajstić information content (AvgIpc) is 2.97. The molecule has 114 valence electrons. The molecule has 0 aliphatic heterocycles. The largest absolute Gasteiger partial charge is 0.496 e. The standard InChI is InChI=1S/C16H17N3O2S/c1-21-14-7-8-17-16-15(14)13(10-18-16)12-5-3-11(4-6-12)9-19-22(2)20/h3-8,10,19H,9H2,1-2H3,(H,17,18). The van der Waals surface area contributed by atoms with Gasteiger partial charge in [0.25, 0.3) is 0 Å². The molecule has 5 nitrogen and oxygen atoms in total. The third kappa shape index (κ3) is 2.88. The van der Waals surface area contributed by atoms with Gasteiger partial charge in [-0.15, -0.1) is 0 Å². The summed E-state index contributed by atoms with van der Waals surface area (Å²) < 4.78 is 19.4. The predicted molar refractivity (Wildman–Crippen MR) is 89.0 cm³/mol. The lowest BCUT2D eigenvalue weighted by Crippen LogP contribution is -2.14. The van der Waals surface area contributed by atoms with E-state index in [2.05, 4.69) is 14.7 Å². The maximum absolute atomic E-state index is 11.1. The molecule has 0 fully saturated rings. The number of aromatic amines is 1. The van der Waals surface area contributed by atoms with E-state index in [1.54, 1.807) is 19.6 Å². The van der Waals surface area contributed by atoms with Gasteiger partial charge in [0.15, 0.2) is 0 Å². The van der Waals surface area contributed by atoms with Gasteiger partial charge in [-0.2, -0.15) is 0 Å². The van der Waals surface area contributed by atoms with Gasteiger partial charge in [0, 0.05) is 30.8 Å². The summed E-state index contributed by atoms with van der Waals surface area (Å²) in [7, 11) is 0.654. The predicted octanol–water partition coefficient (Wildman–Crippen LogP) is 2.62. The number of H-pyrrole nitrogens is 1. The fourth-order valence-corrected chi connectivity index (χ4v) is 2.78. The van der Waals surface area contributed by atoms with Gasteiger partial charge in [-0.1, -0.05) is 24.3 Å². The van der Waals surface area contributed by atoms with Crippen LogP contribution in [0.2, 0.25) is 0 Å². The maximum Gasteiger partial charge on any atom is 0.141 e. The van der Waals surface area contributed by atoms with Crippen molar-refractivity contribution in [3.8, 4) is 16.9 Å². The number of aromatic nitrogens is 2. The van der Waals surface area contributed by atoms with Crippen molar-refractivity contribution in [3.05, 3.63) is 48.3 Å². The fourth-order valence-electron chi connectivity index (χ4n) is 2.41. The first kappa shape index (κ1) is 14.7. The SMILES string of the molecule is COc1ccnc2[nH]cc(-c3ccc(CNS(C)=O)cc3)c12. The first-order valence-electron chi connectivity index (χ1n) is 6.85. The lowest BCUT2D eigenvalue weighted by Gasteiger charge is -2.06. The van der Waals surface area contributed by atoms with E-state index in [0.29, 0.717) is 6.54 Å². The Hall–Kier alpha value is -2.18. The Morgan fingerprint density at radius 1 is 1.27 bits per heavy atom. The average molecular weight is 315 g/mol. The van der Waals surface area contributed by atoms with Crippen molar-refractivity contribution >= 4 is 22.0 Å². The summed E-state index contributed by atoms with van der Waals surface area (Å²) in [5, 5.41) is 0.977. The van der Waals surface area contributed by atoms with Gasteiger partial charge in [-0.25, -0.2) is 13.9 Å². The highest BCUT2D eigenvalue weighted by molar-refractivity contribution is 7.82. The Labute approximate surface area is 131 Å². The Morgan fingerprint density at radius 2 is 2.05 bits per heavy atom. The van der Waals surface area contributed by atoms with Gasteiger partial charge in [-0.3, -0.25) is 0 Å². The summed E-state index contributed by atoms with van der Waals surface area (Å²) >= 11 is 0. The number of hydrogen-bond acceptors (Lipinski definition) is 3. The molecule has 2 N–H and O–H groups in total. The fraction of sp³-hybridized carbons (Fsp3) is 0.188. The molecule has 3 rings (SSSR count). The molecule has 1 unspecified atom stereocenters. The third-order valence-electron chi connectivity index (χ3n) is 3.50. The number of pyridine rings is 1. The molecule has 6 heteroatoms. The maximum atomic E-state index is 11.1. The van der Waals surface area contributed by atoms with Crippen LogP contribution >= 0.6 is 0 Å². The normalized spacial score (nSPS) is 12.5. The molecular formula is C16H17N3O2S. The number of benzene rings is 1. The molecule has 0 aliphatic rings. The van der Waals surface area contributed by atoms with Crippen LogP contribution in [0.5, 0.6) is 5.75 Å². The zero-order valence-corrected chi connectivity index (χ0v) is 13.2. The minimum Gasteiger partial charge on any atom is -0.496 e. The second kappa shape index (κ2) is 6.29. The summed E-state index contributed by atoms with van der Waals surface area (Å²) in [5.74, 6) is 0.799. The summed E-state index contributed by atoms with van der Waals surface area (Å²) in [5.41, 5.74) is 4.03. The van der Waals surface area contributed by atoms with Crippen LogP contribution < -0.4 is 9.46 Å². The van der Waals surface area contributed by atoms with Crippen molar-refractivity contribution in [2.45, 2.75) is 6.54 Å². The molecule has 0 saturated heterocycles. The Bertz CT molecular complexity index is 812. The van der Waals surface area contributed by atoms with Crippen LogP contribution in [0.25, 0.3) is 22.2 Å². The van der Waals surface area contributed by atoms with Gasteiger partial charge in [-0.05, 0) is 17.2 Å². The van der Waals surface area contributed by atoms with E-state index in [9.17, 15) is 4.21 Å². The van der Waals surface area contributed by atoms with Crippen LogP contribution in [-0.2, 0) is 17.5 Å². The van der Waals surface area contributed by atoms with Gasteiger partial charge < -0.3 is 9.72 Å². The molecule has 0 aliphatic carbocycles. The lowest BCUT2D eigenvalue weighted by atomic mass is 10.0. The zero-order chi connectivity index (χ0) is 15.5. The van der Waals surface area contributed by atoms with Crippen LogP contribution in [0.15, 0.2) is 42.7 Å². The highest BCUT2D eigenvalue weighted by atomic mass is 32.2. The highest BCUT2D eigenvalue weighted by Gasteiger charge is 2.11. The van der Waals surface area contributed by atoms with Crippen LogP contribution in [-0.4, -0.2) is 27.5 Å². The van der Waals surface area contributed by atoms with E-state index in [4.69, 9.17) is 4.74 Å². The summed E-state index contributed by atoms with van der Waals surface area (Å²) in [4.78, 5) is 7.50. The van der Waals surface area contributed by atoms with E-state index < -0.39 is 11.0 Å². The Balaban J connectivity index is 1.96. The van der Waals surface area contributed by atoms with E-state index in [0.717, 1.165) is 33.5 Å². The van der Waals surface area contributed by atoms with Gasteiger partial charge in [0.2, 0.25) is 0 Å². The molecule has 1 aromatic carbocycles.